The van der Waals surface area contributed by atoms with E-state index in [0.717, 1.165) is 22.6 Å². The molecule has 0 radical (unpaired) electrons. The van der Waals surface area contributed by atoms with Gasteiger partial charge < -0.3 is 5.32 Å². The molecule has 2 heteroatoms. The molecule has 22 heavy (non-hydrogen) atoms. The Kier molecular flexibility index (Phi) is 7.69. The first-order chi connectivity index (χ1) is 10.6. The van der Waals surface area contributed by atoms with E-state index in [-0.39, 0.29) is 6.04 Å². The van der Waals surface area contributed by atoms with E-state index in [9.17, 15) is 0 Å². The molecule has 0 spiro atoms. The lowest BCUT2D eigenvalue weighted by Crippen LogP contribution is -2.32. The van der Waals surface area contributed by atoms with Gasteiger partial charge in [0.15, 0.2) is 0 Å². The summed E-state index contributed by atoms with van der Waals surface area (Å²) in [6, 6.07) is 0.186. The Morgan fingerprint density at radius 3 is 2.77 bits per heavy atom. The van der Waals surface area contributed by atoms with Crippen molar-refractivity contribution in [2.75, 3.05) is 6.54 Å². The van der Waals surface area contributed by atoms with Crippen LogP contribution in [0.1, 0.15) is 20.8 Å². The molecule has 0 aromatic rings. The number of rotatable bonds is 5. The molecule has 1 unspecified atom stereocenters. The number of nitrogens with one attached hydrogen (secondary N) is 1. The van der Waals surface area contributed by atoms with Crippen molar-refractivity contribution in [1.82, 2.24) is 5.32 Å². The summed E-state index contributed by atoms with van der Waals surface area (Å²) in [6.45, 7) is 14.5. The highest BCUT2D eigenvalue weighted by molar-refractivity contribution is 6.01. The lowest BCUT2D eigenvalue weighted by atomic mass is 10.1. The van der Waals surface area contributed by atoms with Crippen LogP contribution in [0.25, 0.3) is 0 Å². The fourth-order valence-electron chi connectivity index (χ4n) is 2.05. The van der Waals surface area contributed by atoms with E-state index in [1.165, 1.54) is 0 Å². The Balaban J connectivity index is 3.09. The number of amidine groups is 1. The second-order valence-corrected chi connectivity index (χ2v) is 5.00. The van der Waals surface area contributed by atoms with Crippen LogP contribution in [-0.4, -0.2) is 18.4 Å². The van der Waals surface area contributed by atoms with Crippen molar-refractivity contribution in [3.05, 3.63) is 84.6 Å². The number of aliphatic imine (C=N–C) groups is 1. The van der Waals surface area contributed by atoms with Gasteiger partial charge in [0.25, 0.3) is 0 Å². The smallest absolute Gasteiger partial charge is 0.128 e. The summed E-state index contributed by atoms with van der Waals surface area (Å²) in [7, 11) is 0. The summed E-state index contributed by atoms with van der Waals surface area (Å²) in [4.78, 5) is 4.68. The second kappa shape index (κ2) is 9.56. The zero-order chi connectivity index (χ0) is 16.4. The van der Waals surface area contributed by atoms with Crippen molar-refractivity contribution >= 4 is 5.84 Å². The molecule has 1 aliphatic rings. The van der Waals surface area contributed by atoms with Crippen LogP contribution in [0.15, 0.2) is 89.6 Å². The van der Waals surface area contributed by atoms with Crippen LogP contribution in [0.4, 0.5) is 0 Å². The molecule has 1 atom stereocenters. The van der Waals surface area contributed by atoms with Gasteiger partial charge in [-0.15, -0.1) is 0 Å². The van der Waals surface area contributed by atoms with E-state index in [1.807, 2.05) is 44.2 Å². The zero-order valence-corrected chi connectivity index (χ0v) is 13.8. The van der Waals surface area contributed by atoms with Crippen LogP contribution in [0.2, 0.25) is 0 Å². The molecule has 2 nitrogen and oxygen atoms in total. The molecule has 0 aliphatic carbocycles. The van der Waals surface area contributed by atoms with Gasteiger partial charge in [0.2, 0.25) is 0 Å². The molecule has 0 bridgehead atoms. The Morgan fingerprint density at radius 1 is 1.36 bits per heavy atom. The molecule has 0 amide bonds. The number of hydrogen-bond donors (Lipinski definition) is 1. The Labute approximate surface area is 134 Å². The fraction of sp³-hybridized carbons (Fsp3) is 0.250. The molecule has 1 rings (SSSR count). The molecular formula is C20H26N2. The number of nitrogens with zero attached hydrogens (tertiary/aromatic N) is 1. The Hall–Kier alpha value is -2.35. The minimum absolute atomic E-state index is 0.186. The zero-order valence-electron chi connectivity index (χ0n) is 13.8. The fourth-order valence-corrected chi connectivity index (χ4v) is 2.05. The van der Waals surface area contributed by atoms with Gasteiger partial charge in [-0.05, 0) is 31.9 Å². The molecular weight excluding hydrogens is 268 g/mol. The molecule has 0 fully saturated rings. The highest BCUT2D eigenvalue weighted by atomic mass is 15.0. The summed E-state index contributed by atoms with van der Waals surface area (Å²) in [5.74, 6) is 0.895. The van der Waals surface area contributed by atoms with Crippen LogP contribution in [0, 0.1) is 0 Å². The van der Waals surface area contributed by atoms with Gasteiger partial charge in [0.05, 0.1) is 6.54 Å². The van der Waals surface area contributed by atoms with Crippen molar-refractivity contribution in [1.29, 1.82) is 0 Å². The van der Waals surface area contributed by atoms with Crippen molar-refractivity contribution in [3.63, 3.8) is 0 Å². The lowest BCUT2D eigenvalue weighted by Gasteiger charge is -2.14. The highest BCUT2D eigenvalue weighted by Gasteiger charge is 2.08. The van der Waals surface area contributed by atoms with Gasteiger partial charge in [-0.2, -0.15) is 0 Å². The summed E-state index contributed by atoms with van der Waals surface area (Å²) in [5.41, 5.74) is 3.17. The third kappa shape index (κ3) is 5.57. The van der Waals surface area contributed by atoms with Gasteiger partial charge in [-0.3, -0.25) is 4.99 Å². The van der Waals surface area contributed by atoms with Crippen LogP contribution in [0.3, 0.4) is 0 Å². The summed E-state index contributed by atoms with van der Waals surface area (Å²) in [5, 5.41) is 3.44. The number of hydrogen-bond acceptors (Lipinski definition) is 2. The average molecular weight is 294 g/mol. The molecule has 1 N–H and O–H groups in total. The van der Waals surface area contributed by atoms with Crippen molar-refractivity contribution in [2.45, 2.75) is 26.8 Å². The predicted molar refractivity (Wildman–Crippen MR) is 99.2 cm³/mol. The monoisotopic (exact) mass is 294 g/mol. The first-order valence-corrected chi connectivity index (χ1v) is 7.59. The molecule has 0 saturated carbocycles. The van der Waals surface area contributed by atoms with Gasteiger partial charge in [-0.1, -0.05) is 67.8 Å². The predicted octanol–water partition coefficient (Wildman–Crippen LogP) is 4.68. The van der Waals surface area contributed by atoms with Crippen LogP contribution >= 0.6 is 0 Å². The Bertz CT molecular complexity index is 581. The van der Waals surface area contributed by atoms with Gasteiger partial charge in [0.1, 0.15) is 5.84 Å². The average Bonchev–Trinajstić information content (AvgIpc) is 2.59. The molecule has 0 saturated heterocycles. The summed E-state index contributed by atoms with van der Waals surface area (Å²) in [6.07, 6.45) is 18.1. The molecule has 116 valence electrons. The highest BCUT2D eigenvalue weighted by Crippen LogP contribution is 2.13. The Morgan fingerprint density at radius 2 is 2.14 bits per heavy atom. The maximum Gasteiger partial charge on any atom is 0.128 e. The van der Waals surface area contributed by atoms with Gasteiger partial charge in [0, 0.05) is 11.6 Å². The van der Waals surface area contributed by atoms with E-state index in [4.69, 9.17) is 0 Å². The van der Waals surface area contributed by atoms with Crippen molar-refractivity contribution < 1.29 is 0 Å². The maximum atomic E-state index is 4.68. The summed E-state index contributed by atoms with van der Waals surface area (Å²) >= 11 is 0. The first kappa shape index (κ1) is 17.7. The van der Waals surface area contributed by atoms with E-state index >= 15 is 0 Å². The third-order valence-electron chi connectivity index (χ3n) is 3.22. The topological polar surface area (TPSA) is 24.4 Å². The van der Waals surface area contributed by atoms with E-state index < -0.39 is 0 Å². The SMILES string of the molecule is C=C/C=C\C(=C/C)C1=NC/C=C(C(=C)/C=C\C)\C=C/C(C)N1. The molecule has 1 aliphatic heterocycles. The normalized spacial score (nSPS) is 23.8. The minimum atomic E-state index is 0.186. The third-order valence-corrected chi connectivity index (χ3v) is 3.22. The summed E-state index contributed by atoms with van der Waals surface area (Å²) < 4.78 is 0. The van der Waals surface area contributed by atoms with Crippen molar-refractivity contribution in [3.8, 4) is 0 Å². The first-order valence-electron chi connectivity index (χ1n) is 7.59. The van der Waals surface area contributed by atoms with E-state index in [0.29, 0.717) is 6.54 Å². The van der Waals surface area contributed by atoms with Crippen LogP contribution in [-0.2, 0) is 0 Å². The van der Waals surface area contributed by atoms with Crippen molar-refractivity contribution in [2.24, 2.45) is 4.99 Å². The van der Waals surface area contributed by atoms with Gasteiger partial charge >= 0.3 is 0 Å². The minimum Gasteiger partial charge on any atom is -0.364 e. The van der Waals surface area contributed by atoms with Gasteiger partial charge in [-0.25, -0.2) is 0 Å². The van der Waals surface area contributed by atoms with E-state index in [1.54, 1.807) is 6.08 Å². The number of allylic oxidation sites excluding steroid dienone is 8. The lowest BCUT2D eigenvalue weighted by molar-refractivity contribution is 0.803. The van der Waals surface area contributed by atoms with Crippen LogP contribution in [0.5, 0.6) is 0 Å². The van der Waals surface area contributed by atoms with E-state index in [2.05, 4.69) is 48.6 Å². The quantitative estimate of drug-likeness (QED) is 0.731. The standard InChI is InChI=1S/C20H26N2/c1-6-9-11-18(8-3)20-21-15-14-19(16(4)10-7-2)13-12-17(5)22-20/h6-14,17H,1,4,15H2,2-3,5H3,(H,21,22)/b10-7-,11-9-,13-12-,18-8+,19-14+. The van der Waals surface area contributed by atoms with Crippen LogP contribution < -0.4 is 5.32 Å². The second-order valence-electron chi connectivity index (χ2n) is 5.00. The molecule has 0 aromatic heterocycles. The maximum absolute atomic E-state index is 4.68. The molecule has 1 heterocycles. The largest absolute Gasteiger partial charge is 0.364 e. The molecule has 0 aromatic carbocycles.